The topological polar surface area (TPSA) is 40.7 Å². The molecule has 1 fully saturated rings. The maximum absolute atomic E-state index is 4.32. The van der Waals surface area contributed by atoms with Crippen molar-refractivity contribution in [2.75, 3.05) is 6.54 Å². The minimum atomic E-state index is 0.426. The molecule has 3 heteroatoms. The molecule has 0 amide bonds. The Morgan fingerprint density at radius 1 is 1.64 bits per heavy atom. The van der Waals surface area contributed by atoms with E-state index in [-0.39, 0.29) is 0 Å². The van der Waals surface area contributed by atoms with Crippen LogP contribution in [0.25, 0.3) is 0 Å². The fourth-order valence-corrected chi connectivity index (χ4v) is 1.86. The van der Waals surface area contributed by atoms with E-state index in [1.54, 1.807) is 0 Å². The van der Waals surface area contributed by atoms with E-state index in [2.05, 4.69) is 22.2 Å². The molecule has 0 bridgehead atoms. The summed E-state index contributed by atoms with van der Waals surface area (Å²) in [6.07, 6.45) is 9.17. The first-order chi connectivity index (χ1) is 6.90. The molecule has 1 aliphatic rings. The van der Waals surface area contributed by atoms with E-state index in [1.165, 1.54) is 25.7 Å². The Labute approximate surface area is 85.3 Å². The van der Waals surface area contributed by atoms with Gasteiger partial charge < -0.3 is 10.3 Å². The van der Waals surface area contributed by atoms with Crippen LogP contribution in [0.15, 0.2) is 12.4 Å². The predicted molar refractivity (Wildman–Crippen MR) is 57.0 cm³/mol. The Morgan fingerprint density at radius 2 is 2.50 bits per heavy atom. The molecule has 1 saturated carbocycles. The summed E-state index contributed by atoms with van der Waals surface area (Å²) in [6, 6.07) is 0.426. The number of hydrogen-bond acceptors (Lipinski definition) is 2. The van der Waals surface area contributed by atoms with Gasteiger partial charge in [-0.1, -0.05) is 19.8 Å². The molecule has 1 aromatic heterocycles. The summed E-state index contributed by atoms with van der Waals surface area (Å²) in [5.41, 5.74) is 0. The van der Waals surface area contributed by atoms with E-state index in [1.807, 2.05) is 12.4 Å². The van der Waals surface area contributed by atoms with Crippen LogP contribution in [-0.4, -0.2) is 16.5 Å². The molecular formula is C11H19N3. The summed E-state index contributed by atoms with van der Waals surface area (Å²) in [5, 5.41) is 3.47. The van der Waals surface area contributed by atoms with Crippen molar-refractivity contribution in [2.45, 2.75) is 38.6 Å². The van der Waals surface area contributed by atoms with Crippen LogP contribution in [0.2, 0.25) is 0 Å². The van der Waals surface area contributed by atoms with E-state index in [0.29, 0.717) is 6.04 Å². The molecular weight excluding hydrogens is 174 g/mol. The van der Waals surface area contributed by atoms with Gasteiger partial charge in [-0.15, -0.1) is 0 Å². The van der Waals surface area contributed by atoms with Crippen LogP contribution in [-0.2, 0) is 0 Å². The summed E-state index contributed by atoms with van der Waals surface area (Å²) in [5.74, 6) is 2.10. The first kappa shape index (κ1) is 9.71. The van der Waals surface area contributed by atoms with Crippen LogP contribution in [0.5, 0.6) is 0 Å². The monoisotopic (exact) mass is 193 g/mol. The summed E-state index contributed by atoms with van der Waals surface area (Å²) in [4.78, 5) is 7.51. The summed E-state index contributed by atoms with van der Waals surface area (Å²) in [7, 11) is 0. The third kappa shape index (κ3) is 2.58. The van der Waals surface area contributed by atoms with Crippen LogP contribution in [0.1, 0.15) is 44.5 Å². The summed E-state index contributed by atoms with van der Waals surface area (Å²) in [6.45, 7) is 3.16. The third-order valence-electron chi connectivity index (χ3n) is 2.86. The van der Waals surface area contributed by atoms with Crippen molar-refractivity contribution in [3.63, 3.8) is 0 Å². The van der Waals surface area contributed by atoms with Gasteiger partial charge in [0.25, 0.3) is 0 Å². The van der Waals surface area contributed by atoms with Crippen LogP contribution >= 0.6 is 0 Å². The number of nitrogens with zero attached hydrogens (tertiary/aromatic N) is 1. The highest BCUT2D eigenvalue weighted by atomic mass is 15.0. The lowest BCUT2D eigenvalue weighted by Gasteiger charge is -2.14. The maximum Gasteiger partial charge on any atom is 0.123 e. The molecule has 2 rings (SSSR count). The number of nitrogens with one attached hydrogen (secondary N) is 2. The molecule has 14 heavy (non-hydrogen) atoms. The molecule has 2 N–H and O–H groups in total. The quantitative estimate of drug-likeness (QED) is 0.727. The summed E-state index contributed by atoms with van der Waals surface area (Å²) < 4.78 is 0. The van der Waals surface area contributed by atoms with Gasteiger partial charge in [0, 0.05) is 12.4 Å². The first-order valence-electron chi connectivity index (χ1n) is 5.62. The Hall–Kier alpha value is -0.830. The van der Waals surface area contributed by atoms with Crippen LogP contribution in [0.3, 0.4) is 0 Å². The standard InChI is InChI=1S/C11H19N3/c1-2-12-10(6-5-9-3-4-9)11-13-7-8-14-11/h7-10,12H,2-6H2,1H3,(H,13,14). The van der Waals surface area contributed by atoms with Crippen molar-refractivity contribution >= 4 is 0 Å². The molecule has 0 aliphatic heterocycles. The first-order valence-corrected chi connectivity index (χ1v) is 5.62. The Balaban J connectivity index is 1.85. The third-order valence-corrected chi connectivity index (χ3v) is 2.86. The molecule has 78 valence electrons. The van der Waals surface area contributed by atoms with E-state index >= 15 is 0 Å². The molecule has 1 aliphatic carbocycles. The van der Waals surface area contributed by atoms with Crippen molar-refractivity contribution in [2.24, 2.45) is 5.92 Å². The molecule has 1 atom stereocenters. The fourth-order valence-electron chi connectivity index (χ4n) is 1.86. The van der Waals surface area contributed by atoms with Crippen molar-refractivity contribution < 1.29 is 0 Å². The van der Waals surface area contributed by atoms with Gasteiger partial charge in [-0.05, 0) is 25.3 Å². The highest BCUT2D eigenvalue weighted by Crippen LogP contribution is 2.35. The predicted octanol–water partition coefficient (Wildman–Crippen LogP) is 2.25. The van der Waals surface area contributed by atoms with Gasteiger partial charge in [0.2, 0.25) is 0 Å². The molecule has 0 saturated heterocycles. The molecule has 0 radical (unpaired) electrons. The molecule has 1 heterocycles. The molecule has 0 aromatic carbocycles. The molecule has 3 nitrogen and oxygen atoms in total. The zero-order valence-corrected chi connectivity index (χ0v) is 8.79. The van der Waals surface area contributed by atoms with Crippen LogP contribution < -0.4 is 5.32 Å². The van der Waals surface area contributed by atoms with E-state index in [0.717, 1.165) is 18.3 Å². The number of aromatic nitrogens is 2. The number of aromatic amines is 1. The minimum Gasteiger partial charge on any atom is -0.347 e. The number of hydrogen-bond donors (Lipinski definition) is 2. The lowest BCUT2D eigenvalue weighted by Crippen LogP contribution is -2.22. The second-order valence-electron chi connectivity index (χ2n) is 4.11. The van der Waals surface area contributed by atoms with Crippen LogP contribution in [0, 0.1) is 5.92 Å². The van der Waals surface area contributed by atoms with Gasteiger partial charge in [0.1, 0.15) is 5.82 Å². The average molecular weight is 193 g/mol. The van der Waals surface area contributed by atoms with Gasteiger partial charge in [-0.25, -0.2) is 4.98 Å². The highest BCUT2D eigenvalue weighted by Gasteiger charge is 2.23. The largest absolute Gasteiger partial charge is 0.347 e. The lowest BCUT2D eigenvalue weighted by atomic mass is 10.1. The van der Waals surface area contributed by atoms with Crippen molar-refractivity contribution in [1.29, 1.82) is 0 Å². The smallest absolute Gasteiger partial charge is 0.123 e. The van der Waals surface area contributed by atoms with Crippen molar-refractivity contribution in [1.82, 2.24) is 15.3 Å². The SMILES string of the molecule is CCNC(CCC1CC1)c1ncc[nH]1. The highest BCUT2D eigenvalue weighted by molar-refractivity contribution is 4.96. The van der Waals surface area contributed by atoms with Gasteiger partial charge in [0.15, 0.2) is 0 Å². The minimum absolute atomic E-state index is 0.426. The van der Waals surface area contributed by atoms with Crippen molar-refractivity contribution in [3.05, 3.63) is 18.2 Å². The zero-order chi connectivity index (χ0) is 9.80. The average Bonchev–Trinajstić information content (AvgIpc) is 2.86. The Kier molecular flexibility index (Phi) is 3.19. The Morgan fingerprint density at radius 3 is 3.07 bits per heavy atom. The summed E-state index contributed by atoms with van der Waals surface area (Å²) >= 11 is 0. The van der Waals surface area contributed by atoms with Crippen LogP contribution in [0.4, 0.5) is 0 Å². The molecule has 1 aromatic rings. The fraction of sp³-hybridized carbons (Fsp3) is 0.727. The van der Waals surface area contributed by atoms with Gasteiger partial charge >= 0.3 is 0 Å². The lowest BCUT2D eigenvalue weighted by molar-refractivity contribution is 0.464. The van der Waals surface area contributed by atoms with E-state index in [4.69, 9.17) is 0 Å². The normalized spacial score (nSPS) is 18.4. The number of H-pyrrole nitrogens is 1. The van der Waals surface area contributed by atoms with E-state index in [9.17, 15) is 0 Å². The van der Waals surface area contributed by atoms with Gasteiger partial charge in [0.05, 0.1) is 6.04 Å². The number of imidazole rings is 1. The van der Waals surface area contributed by atoms with Gasteiger partial charge in [-0.3, -0.25) is 0 Å². The second kappa shape index (κ2) is 4.60. The molecule has 1 unspecified atom stereocenters. The molecule has 0 spiro atoms. The maximum atomic E-state index is 4.32. The second-order valence-corrected chi connectivity index (χ2v) is 4.11. The van der Waals surface area contributed by atoms with Crippen molar-refractivity contribution in [3.8, 4) is 0 Å². The van der Waals surface area contributed by atoms with E-state index < -0.39 is 0 Å². The Bertz CT molecular complexity index is 252. The van der Waals surface area contributed by atoms with Gasteiger partial charge in [-0.2, -0.15) is 0 Å². The number of rotatable bonds is 6. The zero-order valence-electron chi connectivity index (χ0n) is 8.79.